The van der Waals surface area contributed by atoms with Gasteiger partial charge in [-0.1, -0.05) is 202 Å². The zero-order chi connectivity index (χ0) is 40.2. The zero-order valence-corrected chi connectivity index (χ0v) is 33.8. The Bertz CT molecular complexity index is 3200. The Morgan fingerprint density at radius 2 is 0.817 bits per heavy atom. The van der Waals surface area contributed by atoms with Gasteiger partial charge < -0.3 is 4.90 Å². The van der Waals surface area contributed by atoms with E-state index in [0.29, 0.717) is 0 Å². The Labute approximate surface area is 352 Å². The molecule has 0 saturated carbocycles. The van der Waals surface area contributed by atoms with Crippen LogP contribution in [0.25, 0.3) is 77.2 Å². The van der Waals surface area contributed by atoms with Crippen molar-refractivity contribution < 1.29 is 0 Å². The smallest absolute Gasteiger partial charge is 0.0540 e. The zero-order valence-electron chi connectivity index (χ0n) is 33.8. The van der Waals surface area contributed by atoms with Crippen LogP contribution in [0.1, 0.15) is 25.0 Å². The highest BCUT2D eigenvalue weighted by Crippen LogP contribution is 2.54. The summed E-state index contributed by atoms with van der Waals surface area (Å²) in [6.45, 7) is 4.72. The fourth-order valence-corrected chi connectivity index (χ4v) is 9.70. The van der Waals surface area contributed by atoms with Gasteiger partial charge in [0.25, 0.3) is 0 Å². The van der Waals surface area contributed by atoms with Crippen molar-refractivity contribution in [1.29, 1.82) is 0 Å². The third kappa shape index (κ3) is 5.93. The molecule has 60 heavy (non-hydrogen) atoms. The van der Waals surface area contributed by atoms with Gasteiger partial charge >= 0.3 is 0 Å². The summed E-state index contributed by atoms with van der Waals surface area (Å²) in [7, 11) is 0. The van der Waals surface area contributed by atoms with Crippen LogP contribution in [0, 0.1) is 0 Å². The first-order valence-electron chi connectivity index (χ1n) is 20.9. The lowest BCUT2D eigenvalue weighted by atomic mass is 9.82. The molecule has 1 heteroatoms. The van der Waals surface area contributed by atoms with Gasteiger partial charge in [0, 0.05) is 22.4 Å². The minimum Gasteiger partial charge on any atom is -0.310 e. The van der Waals surface area contributed by atoms with E-state index in [1.165, 1.54) is 88.3 Å². The van der Waals surface area contributed by atoms with Gasteiger partial charge in [-0.15, -0.1) is 0 Å². The minimum atomic E-state index is -0.0903. The van der Waals surface area contributed by atoms with Crippen LogP contribution in [0.15, 0.2) is 224 Å². The van der Waals surface area contributed by atoms with Gasteiger partial charge in [-0.25, -0.2) is 0 Å². The molecule has 0 spiro atoms. The molecule has 1 aliphatic rings. The second-order valence-corrected chi connectivity index (χ2v) is 16.5. The van der Waals surface area contributed by atoms with Crippen molar-refractivity contribution in [3.8, 4) is 55.6 Å². The number of hydrogen-bond donors (Lipinski definition) is 0. The molecule has 284 valence electrons. The summed E-state index contributed by atoms with van der Waals surface area (Å²) in [6.07, 6.45) is 0. The highest BCUT2D eigenvalue weighted by atomic mass is 15.1. The molecule has 0 heterocycles. The summed E-state index contributed by atoms with van der Waals surface area (Å²) in [5.41, 5.74) is 18.4. The number of anilines is 3. The van der Waals surface area contributed by atoms with Crippen LogP contribution in [-0.2, 0) is 5.41 Å². The van der Waals surface area contributed by atoms with Crippen LogP contribution in [0.4, 0.5) is 17.1 Å². The molecule has 10 aromatic rings. The molecule has 0 amide bonds. The van der Waals surface area contributed by atoms with Crippen molar-refractivity contribution in [2.45, 2.75) is 19.3 Å². The molecular formula is C59H43N. The molecule has 0 radical (unpaired) electrons. The fraction of sp³-hybridized carbons (Fsp3) is 0.0508. The molecule has 0 bridgehead atoms. The first-order valence-corrected chi connectivity index (χ1v) is 20.9. The number of rotatable bonds is 7. The second-order valence-electron chi connectivity index (χ2n) is 16.5. The van der Waals surface area contributed by atoms with E-state index in [9.17, 15) is 0 Å². The van der Waals surface area contributed by atoms with Crippen molar-refractivity contribution in [2.75, 3.05) is 4.90 Å². The van der Waals surface area contributed by atoms with Crippen LogP contribution >= 0.6 is 0 Å². The Hall–Kier alpha value is -7.48. The summed E-state index contributed by atoms with van der Waals surface area (Å²) < 4.78 is 0. The lowest BCUT2D eigenvalue weighted by Crippen LogP contribution is -2.14. The number of benzene rings is 10. The quantitative estimate of drug-likeness (QED) is 0.156. The molecule has 0 saturated heterocycles. The maximum Gasteiger partial charge on any atom is 0.0540 e. The van der Waals surface area contributed by atoms with Crippen molar-refractivity contribution in [3.05, 3.63) is 236 Å². The first kappa shape index (κ1) is 35.7. The molecule has 10 aromatic carbocycles. The van der Waals surface area contributed by atoms with Crippen molar-refractivity contribution >= 4 is 38.6 Å². The van der Waals surface area contributed by atoms with Crippen LogP contribution in [0.2, 0.25) is 0 Å². The van der Waals surface area contributed by atoms with Gasteiger partial charge in [0.15, 0.2) is 0 Å². The van der Waals surface area contributed by atoms with E-state index >= 15 is 0 Å². The van der Waals surface area contributed by atoms with Crippen LogP contribution in [0.5, 0.6) is 0 Å². The van der Waals surface area contributed by atoms with Gasteiger partial charge in [-0.2, -0.15) is 0 Å². The van der Waals surface area contributed by atoms with Crippen LogP contribution < -0.4 is 4.90 Å². The Morgan fingerprint density at radius 1 is 0.317 bits per heavy atom. The number of hydrogen-bond acceptors (Lipinski definition) is 1. The lowest BCUT2D eigenvalue weighted by molar-refractivity contribution is 0.660. The average molecular weight is 766 g/mol. The van der Waals surface area contributed by atoms with Gasteiger partial charge in [-0.05, 0) is 119 Å². The summed E-state index contributed by atoms with van der Waals surface area (Å²) in [4.78, 5) is 2.44. The molecular weight excluding hydrogens is 723 g/mol. The topological polar surface area (TPSA) is 3.24 Å². The number of fused-ring (bicyclic) bond motifs is 5. The fourth-order valence-electron chi connectivity index (χ4n) is 9.70. The van der Waals surface area contributed by atoms with E-state index in [0.717, 1.165) is 17.1 Å². The lowest BCUT2D eigenvalue weighted by Gasteiger charge is -2.29. The highest BCUT2D eigenvalue weighted by molar-refractivity contribution is 6.07. The molecule has 1 aliphatic carbocycles. The Kier molecular flexibility index (Phi) is 8.57. The highest BCUT2D eigenvalue weighted by Gasteiger charge is 2.37. The van der Waals surface area contributed by atoms with Gasteiger partial charge in [0.1, 0.15) is 0 Å². The summed E-state index contributed by atoms with van der Waals surface area (Å²) >= 11 is 0. The van der Waals surface area contributed by atoms with Gasteiger partial charge in [-0.3, -0.25) is 0 Å². The minimum absolute atomic E-state index is 0.0903. The molecule has 0 fully saturated rings. The standard InChI is InChI=1S/C59H43N/c1-59(2)54-26-10-8-22-53(54)58-52(25-14-27-55(58)59)51-21-9-11-28-56(51)60(47-35-31-41(32-36-47)46-30-29-40-15-6-7-18-45(40)39-46)48-37-33-43(34-38-48)50-24-13-20-44-19-12-23-49(57(44)50)42-16-4-3-5-17-42/h3-39H,1-2H3. The van der Waals surface area contributed by atoms with Crippen LogP contribution in [-0.4, -0.2) is 0 Å². The summed E-state index contributed by atoms with van der Waals surface area (Å²) in [6, 6.07) is 82.4. The Morgan fingerprint density at radius 3 is 1.55 bits per heavy atom. The number of para-hydroxylation sites is 1. The van der Waals surface area contributed by atoms with Crippen molar-refractivity contribution in [3.63, 3.8) is 0 Å². The van der Waals surface area contributed by atoms with Crippen LogP contribution in [0.3, 0.4) is 0 Å². The summed E-state index contributed by atoms with van der Waals surface area (Å²) in [5.74, 6) is 0. The predicted molar refractivity (Wildman–Crippen MR) is 255 cm³/mol. The van der Waals surface area contributed by atoms with Crippen molar-refractivity contribution in [2.24, 2.45) is 0 Å². The first-order chi connectivity index (χ1) is 29.5. The maximum atomic E-state index is 2.44. The monoisotopic (exact) mass is 765 g/mol. The Balaban J connectivity index is 1.07. The van der Waals surface area contributed by atoms with Gasteiger partial charge in [0.05, 0.1) is 5.69 Å². The molecule has 1 nitrogen and oxygen atoms in total. The van der Waals surface area contributed by atoms with E-state index in [-0.39, 0.29) is 5.41 Å². The molecule has 0 aromatic heterocycles. The molecule has 0 unspecified atom stereocenters. The molecule has 0 aliphatic heterocycles. The third-order valence-electron chi connectivity index (χ3n) is 12.7. The second kappa shape index (κ2) is 14.4. The van der Waals surface area contributed by atoms with E-state index < -0.39 is 0 Å². The van der Waals surface area contributed by atoms with Gasteiger partial charge in [0.2, 0.25) is 0 Å². The molecule has 0 N–H and O–H groups in total. The predicted octanol–water partition coefficient (Wildman–Crippen LogP) is 16.4. The largest absolute Gasteiger partial charge is 0.310 e. The normalized spacial score (nSPS) is 12.6. The van der Waals surface area contributed by atoms with E-state index in [1.54, 1.807) is 0 Å². The molecule has 0 atom stereocenters. The third-order valence-corrected chi connectivity index (χ3v) is 12.7. The number of nitrogens with zero attached hydrogens (tertiary/aromatic N) is 1. The molecule has 11 rings (SSSR count). The van der Waals surface area contributed by atoms with E-state index in [1.807, 2.05) is 0 Å². The summed E-state index contributed by atoms with van der Waals surface area (Å²) in [5, 5.41) is 5.01. The van der Waals surface area contributed by atoms with Crippen molar-refractivity contribution in [1.82, 2.24) is 0 Å². The average Bonchev–Trinajstić information content (AvgIpc) is 3.55. The van der Waals surface area contributed by atoms with E-state index in [4.69, 9.17) is 0 Å². The maximum absolute atomic E-state index is 2.44. The SMILES string of the molecule is CC1(C)c2ccccc2-c2c(-c3ccccc3N(c3ccc(-c4ccc5ccccc5c4)cc3)c3ccc(-c4cccc5cccc(-c6ccccc6)c45)cc3)cccc21. The van der Waals surface area contributed by atoms with E-state index in [2.05, 4.69) is 243 Å².